The lowest BCUT2D eigenvalue weighted by molar-refractivity contribution is 0.0696. The Morgan fingerprint density at radius 3 is 2.57 bits per heavy atom. The standard InChI is InChI=1S/C24H30N4O2/c1-5-22-26-27-23(28(22)15-18-8-6-9-19(13-18)16(2)3)11-7-10-21-14-20(24(29)30)12-17(4)25-21/h6,8-9,12-14,16H,5,7,10-11,15H2,1-4H3,(H,29,30). The van der Waals surface area contributed by atoms with E-state index in [2.05, 4.69) is 64.8 Å². The Morgan fingerprint density at radius 2 is 1.87 bits per heavy atom. The number of hydrogen-bond acceptors (Lipinski definition) is 4. The Kier molecular flexibility index (Phi) is 6.98. The molecule has 1 N–H and O–H groups in total. The minimum atomic E-state index is -0.919. The third-order valence-corrected chi connectivity index (χ3v) is 5.27. The van der Waals surface area contributed by atoms with Gasteiger partial charge in [-0.2, -0.15) is 0 Å². The average molecular weight is 407 g/mol. The number of nitrogens with zero attached hydrogens (tertiary/aromatic N) is 4. The van der Waals surface area contributed by atoms with Gasteiger partial charge in [0.1, 0.15) is 11.6 Å². The highest BCUT2D eigenvalue weighted by atomic mass is 16.4. The van der Waals surface area contributed by atoms with Crippen LogP contribution >= 0.6 is 0 Å². The third-order valence-electron chi connectivity index (χ3n) is 5.27. The van der Waals surface area contributed by atoms with Gasteiger partial charge >= 0.3 is 5.97 Å². The van der Waals surface area contributed by atoms with Crippen LogP contribution in [-0.4, -0.2) is 30.8 Å². The first-order chi connectivity index (χ1) is 14.4. The molecular weight excluding hydrogens is 376 g/mol. The lowest BCUT2D eigenvalue weighted by Gasteiger charge is -2.12. The summed E-state index contributed by atoms with van der Waals surface area (Å²) in [4.78, 5) is 15.8. The summed E-state index contributed by atoms with van der Waals surface area (Å²) in [6.07, 6.45) is 3.15. The molecule has 0 spiro atoms. The molecule has 0 bridgehead atoms. The number of hydrogen-bond donors (Lipinski definition) is 1. The Labute approximate surface area is 178 Å². The Morgan fingerprint density at radius 1 is 1.10 bits per heavy atom. The lowest BCUT2D eigenvalue weighted by atomic mass is 10.0. The zero-order chi connectivity index (χ0) is 21.7. The maximum Gasteiger partial charge on any atom is 0.335 e. The van der Waals surface area contributed by atoms with Gasteiger partial charge in [0.25, 0.3) is 0 Å². The molecule has 0 aliphatic rings. The van der Waals surface area contributed by atoms with Crippen LogP contribution in [0.4, 0.5) is 0 Å². The van der Waals surface area contributed by atoms with Gasteiger partial charge in [0.2, 0.25) is 0 Å². The molecule has 6 nitrogen and oxygen atoms in total. The van der Waals surface area contributed by atoms with Gasteiger partial charge in [-0.15, -0.1) is 10.2 Å². The molecular formula is C24H30N4O2. The van der Waals surface area contributed by atoms with Gasteiger partial charge in [0.15, 0.2) is 0 Å². The number of aromatic carboxylic acids is 1. The van der Waals surface area contributed by atoms with E-state index in [4.69, 9.17) is 0 Å². The van der Waals surface area contributed by atoms with Crippen molar-refractivity contribution in [3.8, 4) is 0 Å². The van der Waals surface area contributed by atoms with Crippen molar-refractivity contribution in [2.75, 3.05) is 0 Å². The number of carboxylic acid groups (broad SMARTS) is 1. The third kappa shape index (κ3) is 5.32. The van der Waals surface area contributed by atoms with Crippen molar-refractivity contribution in [1.29, 1.82) is 0 Å². The number of benzene rings is 1. The van der Waals surface area contributed by atoms with Gasteiger partial charge in [-0.25, -0.2) is 4.79 Å². The molecule has 3 aromatic rings. The fraction of sp³-hybridized carbons (Fsp3) is 0.417. The summed E-state index contributed by atoms with van der Waals surface area (Å²) in [6.45, 7) is 9.09. The summed E-state index contributed by atoms with van der Waals surface area (Å²) in [5.41, 5.74) is 4.41. The summed E-state index contributed by atoms with van der Waals surface area (Å²) in [7, 11) is 0. The summed E-state index contributed by atoms with van der Waals surface area (Å²) in [5, 5.41) is 18.1. The molecule has 3 rings (SSSR count). The molecule has 0 aliphatic heterocycles. The molecule has 0 radical (unpaired) electrons. The number of carbonyl (C=O) groups is 1. The number of rotatable bonds is 9. The van der Waals surface area contributed by atoms with Crippen molar-refractivity contribution < 1.29 is 9.90 Å². The molecule has 0 saturated carbocycles. The van der Waals surface area contributed by atoms with Gasteiger partial charge in [-0.1, -0.05) is 45.0 Å². The number of pyridine rings is 1. The van der Waals surface area contributed by atoms with E-state index in [-0.39, 0.29) is 0 Å². The molecule has 6 heteroatoms. The minimum Gasteiger partial charge on any atom is -0.478 e. The maximum atomic E-state index is 11.3. The first-order valence-electron chi connectivity index (χ1n) is 10.6. The van der Waals surface area contributed by atoms with Crippen LogP contribution in [0.1, 0.15) is 77.6 Å². The van der Waals surface area contributed by atoms with Gasteiger partial charge in [0.05, 0.1) is 12.1 Å². The van der Waals surface area contributed by atoms with Crippen LogP contribution in [0.15, 0.2) is 36.4 Å². The van der Waals surface area contributed by atoms with Gasteiger partial charge in [0, 0.05) is 24.2 Å². The highest BCUT2D eigenvalue weighted by Crippen LogP contribution is 2.18. The SMILES string of the molecule is CCc1nnc(CCCc2cc(C(=O)O)cc(C)n2)n1Cc1cccc(C(C)C)c1. The van der Waals surface area contributed by atoms with Crippen LogP contribution in [0.25, 0.3) is 0 Å². The molecule has 0 aliphatic carbocycles. The van der Waals surface area contributed by atoms with Gasteiger partial charge in [-0.3, -0.25) is 4.98 Å². The van der Waals surface area contributed by atoms with Crippen LogP contribution in [0, 0.1) is 6.92 Å². The van der Waals surface area contributed by atoms with Crippen molar-refractivity contribution in [2.45, 2.75) is 65.8 Å². The molecule has 0 fully saturated rings. The van der Waals surface area contributed by atoms with Crippen LogP contribution in [0.3, 0.4) is 0 Å². The van der Waals surface area contributed by atoms with Gasteiger partial charge in [-0.05, 0) is 48.9 Å². The van der Waals surface area contributed by atoms with Crippen molar-refractivity contribution in [2.24, 2.45) is 0 Å². The smallest absolute Gasteiger partial charge is 0.335 e. The zero-order valence-corrected chi connectivity index (χ0v) is 18.2. The van der Waals surface area contributed by atoms with Crippen LogP contribution in [0.2, 0.25) is 0 Å². The van der Waals surface area contributed by atoms with Crippen molar-refractivity contribution in [3.63, 3.8) is 0 Å². The minimum absolute atomic E-state index is 0.291. The molecule has 0 amide bonds. The van der Waals surface area contributed by atoms with Crippen LogP contribution in [-0.2, 0) is 25.8 Å². The van der Waals surface area contributed by atoms with Crippen molar-refractivity contribution >= 4 is 5.97 Å². The lowest BCUT2D eigenvalue weighted by Crippen LogP contribution is -2.10. The Bertz CT molecular complexity index is 1020. The number of carboxylic acids is 1. The van der Waals surface area contributed by atoms with Crippen molar-refractivity contribution in [1.82, 2.24) is 19.7 Å². The first kappa shape index (κ1) is 21.7. The molecule has 0 saturated heterocycles. The molecule has 2 heterocycles. The van der Waals surface area contributed by atoms with Crippen LogP contribution < -0.4 is 0 Å². The summed E-state index contributed by atoms with van der Waals surface area (Å²) in [6, 6.07) is 12.0. The molecule has 2 aromatic heterocycles. The summed E-state index contributed by atoms with van der Waals surface area (Å²) >= 11 is 0. The predicted molar refractivity (Wildman–Crippen MR) is 117 cm³/mol. The van der Waals surface area contributed by atoms with E-state index >= 15 is 0 Å². The quantitative estimate of drug-likeness (QED) is 0.562. The highest BCUT2D eigenvalue weighted by molar-refractivity contribution is 5.87. The summed E-state index contributed by atoms with van der Waals surface area (Å²) < 4.78 is 2.21. The first-order valence-corrected chi connectivity index (χ1v) is 10.6. The van der Waals surface area contributed by atoms with Gasteiger partial charge < -0.3 is 9.67 Å². The summed E-state index contributed by atoms with van der Waals surface area (Å²) in [5.74, 6) is 1.53. The average Bonchev–Trinajstić information content (AvgIpc) is 3.09. The Hall–Kier alpha value is -3.02. The molecule has 0 atom stereocenters. The van der Waals surface area contributed by atoms with E-state index in [1.807, 2.05) is 6.92 Å². The van der Waals surface area contributed by atoms with E-state index in [1.54, 1.807) is 12.1 Å². The van der Waals surface area contributed by atoms with E-state index < -0.39 is 5.97 Å². The molecule has 1 aromatic carbocycles. The Balaban J connectivity index is 1.73. The second-order valence-corrected chi connectivity index (χ2v) is 8.02. The van der Waals surface area contributed by atoms with Crippen molar-refractivity contribution in [3.05, 3.63) is 76.1 Å². The van der Waals surface area contributed by atoms with E-state index in [0.717, 1.165) is 48.8 Å². The largest absolute Gasteiger partial charge is 0.478 e. The van der Waals surface area contributed by atoms with E-state index in [0.29, 0.717) is 17.9 Å². The fourth-order valence-corrected chi connectivity index (χ4v) is 3.65. The normalized spacial score (nSPS) is 11.2. The predicted octanol–water partition coefficient (Wildman–Crippen LogP) is 4.59. The maximum absolute atomic E-state index is 11.3. The van der Waals surface area contributed by atoms with Crippen LogP contribution in [0.5, 0.6) is 0 Å². The number of aryl methyl sites for hydroxylation is 4. The zero-order valence-electron chi connectivity index (χ0n) is 18.2. The van der Waals surface area contributed by atoms with E-state index in [1.165, 1.54) is 11.1 Å². The second-order valence-electron chi connectivity index (χ2n) is 8.02. The molecule has 0 unspecified atom stereocenters. The molecule has 158 valence electrons. The monoisotopic (exact) mass is 406 g/mol. The number of aromatic nitrogens is 4. The molecule has 30 heavy (non-hydrogen) atoms. The highest BCUT2D eigenvalue weighted by Gasteiger charge is 2.13. The second kappa shape index (κ2) is 9.65. The fourth-order valence-electron chi connectivity index (χ4n) is 3.65. The van der Waals surface area contributed by atoms with E-state index in [9.17, 15) is 9.90 Å². The topological polar surface area (TPSA) is 80.9 Å².